The summed E-state index contributed by atoms with van der Waals surface area (Å²) in [4.78, 5) is 13.9. The van der Waals surface area contributed by atoms with Crippen LogP contribution in [0.1, 0.15) is 54.9 Å². The summed E-state index contributed by atoms with van der Waals surface area (Å²) >= 11 is 2.95. The van der Waals surface area contributed by atoms with E-state index in [0.29, 0.717) is 16.5 Å². The van der Waals surface area contributed by atoms with Gasteiger partial charge in [0.25, 0.3) is 0 Å². The minimum absolute atomic E-state index is 0.118. The largest absolute Gasteiger partial charge is 0.376 e. The van der Waals surface area contributed by atoms with Gasteiger partial charge in [0, 0.05) is 17.9 Å². The van der Waals surface area contributed by atoms with Crippen LogP contribution in [-0.2, 0) is 35.3 Å². The Morgan fingerprint density at radius 1 is 1.43 bits per heavy atom. The van der Waals surface area contributed by atoms with Gasteiger partial charge in [-0.15, -0.1) is 21.5 Å². The van der Waals surface area contributed by atoms with Crippen LogP contribution in [0.2, 0.25) is 0 Å². The van der Waals surface area contributed by atoms with E-state index in [9.17, 15) is 10.1 Å². The van der Waals surface area contributed by atoms with E-state index in [1.807, 2.05) is 0 Å². The number of carbonyl (C=O) groups excluding carboxylic acids is 1. The van der Waals surface area contributed by atoms with E-state index in [1.54, 1.807) is 11.3 Å². The maximum absolute atomic E-state index is 12.6. The first kappa shape index (κ1) is 21.3. The van der Waals surface area contributed by atoms with Crippen molar-refractivity contribution in [2.24, 2.45) is 5.92 Å². The number of nitrogens with one attached hydrogen (secondary N) is 1. The van der Waals surface area contributed by atoms with E-state index in [-0.39, 0.29) is 17.8 Å². The topological polar surface area (TPSA) is 92.8 Å². The van der Waals surface area contributed by atoms with Crippen LogP contribution in [-0.4, -0.2) is 39.1 Å². The van der Waals surface area contributed by atoms with E-state index in [2.05, 4.69) is 40.0 Å². The van der Waals surface area contributed by atoms with Gasteiger partial charge in [0.2, 0.25) is 5.91 Å². The van der Waals surface area contributed by atoms with Gasteiger partial charge in [-0.05, 0) is 43.6 Å². The summed E-state index contributed by atoms with van der Waals surface area (Å²) in [5.74, 6) is 1.66. The lowest BCUT2D eigenvalue weighted by Crippen LogP contribution is -2.19. The summed E-state index contributed by atoms with van der Waals surface area (Å²) in [5, 5.41) is 22.6. The van der Waals surface area contributed by atoms with Gasteiger partial charge in [-0.1, -0.05) is 25.6 Å². The van der Waals surface area contributed by atoms with E-state index in [0.717, 1.165) is 68.2 Å². The Kier molecular flexibility index (Phi) is 6.76. The zero-order valence-corrected chi connectivity index (χ0v) is 19.1. The van der Waals surface area contributed by atoms with E-state index < -0.39 is 0 Å². The molecule has 7 nitrogen and oxygen atoms in total. The number of anilines is 1. The van der Waals surface area contributed by atoms with Crippen LogP contribution in [0.4, 0.5) is 5.00 Å². The fourth-order valence-electron chi connectivity index (χ4n) is 4.11. The normalized spacial score (nSPS) is 20.7. The number of thiophene rings is 1. The number of carbonyl (C=O) groups is 1. The van der Waals surface area contributed by atoms with Crippen LogP contribution in [0.25, 0.3) is 0 Å². The smallest absolute Gasteiger partial charge is 0.235 e. The Labute approximate surface area is 185 Å². The molecule has 160 valence electrons. The van der Waals surface area contributed by atoms with Crippen molar-refractivity contribution in [2.45, 2.75) is 70.2 Å². The first-order chi connectivity index (χ1) is 14.6. The average molecular weight is 446 g/mol. The van der Waals surface area contributed by atoms with Gasteiger partial charge in [-0.3, -0.25) is 4.79 Å². The van der Waals surface area contributed by atoms with Gasteiger partial charge in [0.1, 0.15) is 16.9 Å². The fourth-order valence-corrected chi connectivity index (χ4v) is 6.26. The number of fused-ring (bicyclic) bond motifs is 1. The molecule has 2 aromatic heterocycles. The number of rotatable bonds is 7. The van der Waals surface area contributed by atoms with Crippen molar-refractivity contribution in [1.82, 2.24) is 14.8 Å². The van der Waals surface area contributed by atoms with Gasteiger partial charge < -0.3 is 14.6 Å². The summed E-state index contributed by atoms with van der Waals surface area (Å²) in [5.41, 5.74) is 1.78. The Morgan fingerprint density at radius 2 is 2.30 bits per heavy atom. The fraction of sp³-hybridized carbons (Fsp3) is 0.619. The molecule has 2 atom stereocenters. The quantitative estimate of drug-likeness (QED) is 0.652. The van der Waals surface area contributed by atoms with Gasteiger partial charge in [0.05, 0.1) is 24.0 Å². The molecule has 2 aromatic rings. The number of thioether (sulfide) groups is 1. The third kappa shape index (κ3) is 4.56. The predicted molar refractivity (Wildman–Crippen MR) is 118 cm³/mol. The van der Waals surface area contributed by atoms with E-state index in [4.69, 9.17) is 4.74 Å². The number of nitriles is 1. The Balaban J connectivity index is 1.41. The van der Waals surface area contributed by atoms with Gasteiger partial charge in [-0.2, -0.15) is 5.26 Å². The van der Waals surface area contributed by atoms with E-state index >= 15 is 0 Å². The monoisotopic (exact) mass is 445 g/mol. The maximum atomic E-state index is 12.6. The minimum atomic E-state index is -0.118. The molecule has 0 radical (unpaired) electrons. The van der Waals surface area contributed by atoms with Crippen LogP contribution in [0, 0.1) is 17.2 Å². The molecular weight excluding hydrogens is 418 g/mol. The molecule has 1 saturated heterocycles. The molecule has 1 aliphatic carbocycles. The number of nitrogens with zero attached hydrogens (tertiary/aromatic N) is 4. The standard InChI is InChI=1S/C21H27N5O2S2/c1-3-18-24-25-21(26(18)11-14-5-4-8-28-14)29-12-19(27)23-20-16(10-22)15-7-6-13(2)9-17(15)30-20/h13-14H,3-9,11-12H2,1-2H3,(H,23,27). The van der Waals surface area contributed by atoms with Crippen LogP contribution in [0.3, 0.4) is 0 Å². The summed E-state index contributed by atoms with van der Waals surface area (Å²) in [6.45, 7) is 5.83. The van der Waals surface area contributed by atoms with Crippen LogP contribution < -0.4 is 5.32 Å². The molecule has 0 saturated carbocycles. The molecule has 4 rings (SSSR count). The lowest BCUT2D eigenvalue weighted by molar-refractivity contribution is -0.113. The third-order valence-electron chi connectivity index (χ3n) is 5.73. The lowest BCUT2D eigenvalue weighted by Gasteiger charge is -2.17. The highest BCUT2D eigenvalue weighted by molar-refractivity contribution is 7.99. The Hall–Kier alpha value is -1.89. The minimum Gasteiger partial charge on any atom is -0.376 e. The van der Waals surface area contributed by atoms with Crippen molar-refractivity contribution >= 4 is 34.0 Å². The van der Waals surface area contributed by atoms with Gasteiger partial charge in [0.15, 0.2) is 5.16 Å². The van der Waals surface area contributed by atoms with Gasteiger partial charge in [-0.25, -0.2) is 0 Å². The number of aromatic nitrogens is 3. The number of amides is 1. The molecule has 1 fully saturated rings. The molecule has 9 heteroatoms. The lowest BCUT2D eigenvalue weighted by atomic mass is 9.89. The van der Waals surface area contributed by atoms with Crippen molar-refractivity contribution < 1.29 is 9.53 Å². The summed E-state index contributed by atoms with van der Waals surface area (Å²) in [7, 11) is 0. The summed E-state index contributed by atoms with van der Waals surface area (Å²) < 4.78 is 7.85. The second kappa shape index (κ2) is 9.50. The molecule has 1 N–H and O–H groups in total. The number of hydrogen-bond acceptors (Lipinski definition) is 7. The first-order valence-electron chi connectivity index (χ1n) is 10.6. The van der Waals surface area contributed by atoms with E-state index in [1.165, 1.54) is 16.6 Å². The van der Waals surface area contributed by atoms with Crippen LogP contribution >= 0.6 is 23.1 Å². The number of ether oxygens (including phenoxy) is 1. The molecule has 2 unspecified atom stereocenters. The molecule has 3 heterocycles. The van der Waals surface area contributed by atoms with Crippen molar-refractivity contribution in [1.29, 1.82) is 5.26 Å². The van der Waals surface area contributed by atoms with Crippen molar-refractivity contribution in [3.05, 3.63) is 21.8 Å². The van der Waals surface area contributed by atoms with Gasteiger partial charge >= 0.3 is 0 Å². The zero-order valence-electron chi connectivity index (χ0n) is 17.4. The first-order valence-corrected chi connectivity index (χ1v) is 12.4. The SMILES string of the molecule is CCc1nnc(SCC(=O)Nc2sc3c(c2C#N)CCC(C)C3)n1CC1CCCO1. The average Bonchev–Trinajstić information content (AvgIpc) is 3.45. The molecule has 0 aromatic carbocycles. The Bertz CT molecular complexity index is 955. The molecular formula is C21H27N5O2S2. The molecule has 1 amide bonds. The number of hydrogen-bond donors (Lipinski definition) is 1. The predicted octanol–water partition coefficient (Wildman–Crippen LogP) is 3.81. The maximum Gasteiger partial charge on any atom is 0.235 e. The molecule has 1 aliphatic heterocycles. The number of aryl methyl sites for hydroxylation is 1. The second-order valence-corrected chi connectivity index (χ2v) is 10.1. The molecule has 2 aliphatic rings. The molecule has 0 spiro atoms. The van der Waals surface area contributed by atoms with Crippen LogP contribution in [0.5, 0.6) is 0 Å². The van der Waals surface area contributed by atoms with Crippen molar-refractivity contribution in [3.63, 3.8) is 0 Å². The zero-order chi connectivity index (χ0) is 21.1. The highest BCUT2D eigenvalue weighted by Gasteiger charge is 2.25. The second-order valence-electron chi connectivity index (χ2n) is 8.00. The summed E-state index contributed by atoms with van der Waals surface area (Å²) in [6.07, 6.45) is 6.13. The summed E-state index contributed by atoms with van der Waals surface area (Å²) in [6, 6.07) is 2.31. The Morgan fingerprint density at radius 3 is 3.03 bits per heavy atom. The van der Waals surface area contributed by atoms with Crippen LogP contribution in [0.15, 0.2) is 5.16 Å². The highest BCUT2D eigenvalue weighted by Crippen LogP contribution is 2.39. The van der Waals surface area contributed by atoms with Crippen molar-refractivity contribution in [3.8, 4) is 6.07 Å². The highest BCUT2D eigenvalue weighted by atomic mass is 32.2. The molecule has 0 bridgehead atoms. The van der Waals surface area contributed by atoms with Crippen molar-refractivity contribution in [2.75, 3.05) is 17.7 Å². The third-order valence-corrected chi connectivity index (χ3v) is 7.87. The molecule has 30 heavy (non-hydrogen) atoms.